The number of carbonyl (C=O) groups is 1. The topological polar surface area (TPSA) is 76.1 Å². The molecule has 24 heavy (non-hydrogen) atoms. The first-order valence-corrected chi connectivity index (χ1v) is 8.31. The van der Waals surface area contributed by atoms with E-state index >= 15 is 0 Å². The van der Waals surface area contributed by atoms with E-state index in [1.165, 1.54) is 19.3 Å². The van der Waals surface area contributed by atoms with Gasteiger partial charge in [-0.3, -0.25) is 4.79 Å². The van der Waals surface area contributed by atoms with Gasteiger partial charge < -0.3 is 15.4 Å². The van der Waals surface area contributed by atoms with Crippen molar-refractivity contribution >= 4 is 17.4 Å². The molecule has 2 aromatic rings. The Morgan fingerprint density at radius 2 is 1.88 bits per heavy atom. The summed E-state index contributed by atoms with van der Waals surface area (Å²) in [6.45, 7) is 0. The van der Waals surface area contributed by atoms with Crippen LogP contribution in [0, 0.1) is 0 Å². The van der Waals surface area contributed by atoms with Crippen LogP contribution >= 0.6 is 0 Å². The molecule has 0 aliphatic heterocycles. The molecule has 1 heterocycles. The van der Waals surface area contributed by atoms with Crippen molar-refractivity contribution < 1.29 is 9.53 Å². The first kappa shape index (κ1) is 16.2. The Morgan fingerprint density at radius 1 is 1.08 bits per heavy atom. The number of anilines is 2. The average molecular weight is 326 g/mol. The van der Waals surface area contributed by atoms with Crippen LogP contribution < -0.4 is 15.4 Å². The second kappa shape index (κ2) is 7.77. The van der Waals surface area contributed by atoms with Gasteiger partial charge in [0, 0.05) is 6.04 Å². The lowest BCUT2D eigenvalue weighted by molar-refractivity contribution is 0.102. The molecule has 1 aliphatic carbocycles. The number of hydrogen-bond donors (Lipinski definition) is 2. The van der Waals surface area contributed by atoms with Crippen LogP contribution in [0.3, 0.4) is 0 Å². The zero-order chi connectivity index (χ0) is 16.8. The minimum Gasteiger partial charge on any atom is -0.495 e. The zero-order valence-corrected chi connectivity index (χ0v) is 13.8. The molecule has 0 atom stereocenters. The van der Waals surface area contributed by atoms with E-state index in [1.54, 1.807) is 31.4 Å². The first-order chi connectivity index (χ1) is 11.8. The lowest BCUT2D eigenvalue weighted by Crippen LogP contribution is -2.23. The predicted octanol–water partition coefficient (Wildman–Crippen LogP) is 3.48. The number of para-hydroxylation sites is 2. The van der Waals surface area contributed by atoms with Gasteiger partial charge in [0.05, 0.1) is 12.8 Å². The van der Waals surface area contributed by atoms with E-state index < -0.39 is 0 Å². The molecule has 1 aliphatic rings. The second-order valence-corrected chi connectivity index (χ2v) is 5.94. The summed E-state index contributed by atoms with van der Waals surface area (Å²) in [5.74, 6) is 1.02. The highest BCUT2D eigenvalue weighted by Gasteiger charge is 2.15. The molecule has 1 fully saturated rings. The van der Waals surface area contributed by atoms with Crippen LogP contribution in [0.4, 0.5) is 11.5 Å². The van der Waals surface area contributed by atoms with Gasteiger partial charge in [0.25, 0.3) is 5.91 Å². The Bertz CT molecular complexity index is 682. The van der Waals surface area contributed by atoms with Crippen molar-refractivity contribution in [3.05, 3.63) is 42.1 Å². The molecule has 1 amide bonds. The molecule has 2 N–H and O–H groups in total. The molecule has 1 aromatic carbocycles. The minimum absolute atomic E-state index is 0.273. The van der Waals surface area contributed by atoms with Crippen molar-refractivity contribution in [2.24, 2.45) is 0 Å². The Hall–Kier alpha value is -2.63. The fourth-order valence-corrected chi connectivity index (χ4v) is 2.92. The number of hydrogen-bond acceptors (Lipinski definition) is 5. The van der Waals surface area contributed by atoms with Gasteiger partial charge in [-0.15, -0.1) is 10.2 Å². The lowest BCUT2D eigenvalue weighted by atomic mass is 9.95. The number of nitrogens with zero attached hydrogens (tertiary/aromatic N) is 2. The maximum Gasteiger partial charge on any atom is 0.276 e. The predicted molar refractivity (Wildman–Crippen MR) is 93.5 cm³/mol. The SMILES string of the molecule is COc1ccccc1NC(=O)c1ccc(NC2CCCCC2)nn1. The van der Waals surface area contributed by atoms with Crippen molar-refractivity contribution in [1.29, 1.82) is 0 Å². The van der Waals surface area contributed by atoms with E-state index in [1.807, 2.05) is 12.1 Å². The van der Waals surface area contributed by atoms with Crippen LogP contribution in [0.25, 0.3) is 0 Å². The van der Waals surface area contributed by atoms with E-state index in [0.717, 1.165) is 18.7 Å². The van der Waals surface area contributed by atoms with Crippen molar-refractivity contribution in [1.82, 2.24) is 10.2 Å². The third kappa shape index (κ3) is 4.01. The number of methoxy groups -OCH3 is 1. The summed E-state index contributed by atoms with van der Waals surface area (Å²) in [5.41, 5.74) is 0.881. The molecule has 1 aromatic heterocycles. The number of benzene rings is 1. The van der Waals surface area contributed by atoms with Gasteiger partial charge in [-0.05, 0) is 37.1 Å². The molecule has 0 saturated heterocycles. The minimum atomic E-state index is -0.309. The summed E-state index contributed by atoms with van der Waals surface area (Å²) in [7, 11) is 1.57. The molecule has 6 nitrogen and oxygen atoms in total. The molecule has 0 bridgehead atoms. The highest BCUT2D eigenvalue weighted by Crippen LogP contribution is 2.24. The second-order valence-electron chi connectivity index (χ2n) is 5.94. The van der Waals surface area contributed by atoms with E-state index in [9.17, 15) is 4.79 Å². The van der Waals surface area contributed by atoms with Crippen LogP contribution in [0.1, 0.15) is 42.6 Å². The van der Waals surface area contributed by atoms with Crippen molar-refractivity contribution in [3.8, 4) is 5.75 Å². The van der Waals surface area contributed by atoms with Crippen molar-refractivity contribution in [2.45, 2.75) is 38.1 Å². The molecule has 6 heteroatoms. The molecule has 1 saturated carbocycles. The standard InChI is InChI=1S/C18H22N4O2/c1-24-16-10-6-5-9-14(16)20-18(23)15-11-12-17(22-21-15)19-13-7-3-2-4-8-13/h5-6,9-13H,2-4,7-8H2,1H3,(H,19,22)(H,20,23). The Morgan fingerprint density at radius 3 is 2.58 bits per heavy atom. The monoisotopic (exact) mass is 326 g/mol. The number of aromatic nitrogens is 2. The highest BCUT2D eigenvalue weighted by atomic mass is 16.5. The number of ether oxygens (including phenoxy) is 1. The zero-order valence-electron chi connectivity index (χ0n) is 13.8. The van der Waals surface area contributed by atoms with E-state index in [4.69, 9.17) is 4.74 Å². The number of carbonyl (C=O) groups excluding carboxylic acids is 1. The fourth-order valence-electron chi connectivity index (χ4n) is 2.92. The molecular formula is C18H22N4O2. The Kier molecular flexibility index (Phi) is 5.25. The molecule has 126 valence electrons. The normalized spacial score (nSPS) is 14.9. The lowest BCUT2D eigenvalue weighted by Gasteiger charge is -2.22. The smallest absolute Gasteiger partial charge is 0.276 e. The molecule has 0 unspecified atom stereocenters. The van der Waals surface area contributed by atoms with Gasteiger partial charge >= 0.3 is 0 Å². The van der Waals surface area contributed by atoms with Crippen LogP contribution in [0.15, 0.2) is 36.4 Å². The average Bonchev–Trinajstić information content (AvgIpc) is 2.63. The third-order valence-corrected chi connectivity index (χ3v) is 4.21. The Labute approximate surface area is 141 Å². The van der Waals surface area contributed by atoms with Gasteiger partial charge in [0.1, 0.15) is 11.6 Å². The van der Waals surface area contributed by atoms with Crippen molar-refractivity contribution in [3.63, 3.8) is 0 Å². The van der Waals surface area contributed by atoms with E-state index in [2.05, 4.69) is 20.8 Å². The largest absolute Gasteiger partial charge is 0.495 e. The highest BCUT2D eigenvalue weighted by molar-refractivity contribution is 6.03. The summed E-state index contributed by atoms with van der Waals surface area (Å²) in [5, 5.41) is 14.3. The number of nitrogens with one attached hydrogen (secondary N) is 2. The summed E-state index contributed by atoms with van der Waals surface area (Å²) in [6.07, 6.45) is 6.15. The number of amides is 1. The van der Waals surface area contributed by atoms with Gasteiger partial charge in [-0.2, -0.15) is 0 Å². The van der Waals surface area contributed by atoms with Crippen LogP contribution in [0.2, 0.25) is 0 Å². The maximum atomic E-state index is 12.3. The summed E-state index contributed by atoms with van der Waals surface area (Å²) in [6, 6.07) is 11.2. The van der Waals surface area contributed by atoms with Crippen molar-refractivity contribution in [2.75, 3.05) is 17.7 Å². The fraction of sp³-hybridized carbons (Fsp3) is 0.389. The Balaban J connectivity index is 1.63. The molecule has 0 radical (unpaired) electrons. The van der Waals surface area contributed by atoms with Crippen LogP contribution in [0.5, 0.6) is 5.75 Å². The van der Waals surface area contributed by atoms with Gasteiger partial charge in [-0.1, -0.05) is 31.4 Å². The van der Waals surface area contributed by atoms with Gasteiger partial charge in [-0.25, -0.2) is 0 Å². The van der Waals surface area contributed by atoms with Gasteiger partial charge in [0.15, 0.2) is 5.69 Å². The molecule has 3 rings (SSSR count). The number of rotatable bonds is 5. The van der Waals surface area contributed by atoms with E-state index in [0.29, 0.717) is 17.5 Å². The summed E-state index contributed by atoms with van der Waals surface area (Å²) >= 11 is 0. The summed E-state index contributed by atoms with van der Waals surface area (Å²) < 4.78 is 5.22. The van der Waals surface area contributed by atoms with Crippen LogP contribution in [-0.4, -0.2) is 29.3 Å². The van der Waals surface area contributed by atoms with Gasteiger partial charge in [0.2, 0.25) is 0 Å². The quantitative estimate of drug-likeness (QED) is 0.879. The third-order valence-electron chi connectivity index (χ3n) is 4.21. The molecular weight excluding hydrogens is 304 g/mol. The molecule has 0 spiro atoms. The maximum absolute atomic E-state index is 12.3. The van der Waals surface area contributed by atoms with Crippen LogP contribution in [-0.2, 0) is 0 Å². The van der Waals surface area contributed by atoms with E-state index in [-0.39, 0.29) is 11.6 Å². The first-order valence-electron chi connectivity index (χ1n) is 8.31. The summed E-state index contributed by atoms with van der Waals surface area (Å²) in [4.78, 5) is 12.3.